The quantitative estimate of drug-likeness (QED) is 0.729. The third kappa shape index (κ3) is 5.39. The minimum Gasteiger partial charge on any atom is -0.260 e. The Bertz CT molecular complexity index is 810. The highest BCUT2D eigenvalue weighted by atomic mass is 19.1. The molecule has 0 spiro atoms. The van der Waals surface area contributed by atoms with Crippen molar-refractivity contribution < 1.29 is 4.39 Å². The molecular formula is C22H24FN3. The van der Waals surface area contributed by atoms with Gasteiger partial charge in [0.25, 0.3) is 0 Å². The van der Waals surface area contributed by atoms with Crippen LogP contribution in [-0.2, 0) is 0 Å². The summed E-state index contributed by atoms with van der Waals surface area (Å²) in [6.45, 7) is 6.24. The Balaban J connectivity index is 0.000000209. The van der Waals surface area contributed by atoms with Gasteiger partial charge in [-0.15, -0.1) is 0 Å². The number of nitriles is 1. The van der Waals surface area contributed by atoms with E-state index >= 15 is 0 Å². The molecule has 26 heavy (non-hydrogen) atoms. The van der Waals surface area contributed by atoms with E-state index in [4.69, 9.17) is 5.26 Å². The molecular weight excluding hydrogens is 325 g/mol. The molecule has 1 saturated carbocycles. The highest BCUT2D eigenvalue weighted by Gasteiger charge is 2.50. The van der Waals surface area contributed by atoms with Gasteiger partial charge in [-0.05, 0) is 61.8 Å². The average Bonchev–Trinajstić information content (AvgIpc) is 3.34. The Hall–Kier alpha value is -2.72. The van der Waals surface area contributed by atoms with E-state index in [2.05, 4.69) is 35.7 Å². The molecule has 134 valence electrons. The average molecular weight is 349 g/mol. The number of hydrogen-bond donors (Lipinski definition) is 0. The first kappa shape index (κ1) is 19.6. The maximum Gasteiger partial charge on any atom is 0.131 e. The first-order chi connectivity index (χ1) is 12.5. The van der Waals surface area contributed by atoms with E-state index in [1.165, 1.54) is 31.4 Å². The summed E-state index contributed by atoms with van der Waals surface area (Å²) in [6, 6.07) is 6.12. The van der Waals surface area contributed by atoms with Crippen LogP contribution in [0.1, 0.15) is 56.4 Å². The number of aryl methyl sites for hydroxylation is 1. The number of benzene rings is 1. The zero-order valence-electron chi connectivity index (χ0n) is 15.6. The van der Waals surface area contributed by atoms with Gasteiger partial charge in [-0.1, -0.05) is 26.2 Å². The predicted octanol–water partition coefficient (Wildman–Crippen LogP) is 5.05. The first-order valence-corrected chi connectivity index (χ1v) is 8.99. The van der Waals surface area contributed by atoms with Gasteiger partial charge in [0, 0.05) is 17.8 Å². The lowest BCUT2D eigenvalue weighted by Gasteiger charge is -2.05. The van der Waals surface area contributed by atoms with Gasteiger partial charge in [-0.3, -0.25) is 4.98 Å². The van der Waals surface area contributed by atoms with Crippen LogP contribution in [0.25, 0.3) is 0 Å². The van der Waals surface area contributed by atoms with Gasteiger partial charge in [-0.25, -0.2) is 9.37 Å². The molecule has 0 N–H and O–H groups in total. The van der Waals surface area contributed by atoms with Crippen molar-refractivity contribution in [3.05, 3.63) is 59.4 Å². The highest BCUT2D eigenvalue weighted by Crippen LogP contribution is 2.56. The fourth-order valence-electron chi connectivity index (χ4n) is 3.14. The number of aromatic nitrogens is 2. The molecule has 3 rings (SSSR count). The zero-order chi connectivity index (χ0) is 19.0. The van der Waals surface area contributed by atoms with E-state index in [-0.39, 0.29) is 11.2 Å². The fourth-order valence-corrected chi connectivity index (χ4v) is 3.14. The largest absolute Gasteiger partial charge is 0.260 e. The molecule has 1 aliphatic rings. The number of nitrogens with zero attached hydrogens (tertiary/aromatic N) is 3. The predicted molar refractivity (Wildman–Crippen MR) is 101 cm³/mol. The lowest BCUT2D eigenvalue weighted by atomic mass is 9.99. The van der Waals surface area contributed by atoms with E-state index in [0.29, 0.717) is 5.56 Å². The maximum atomic E-state index is 12.5. The van der Waals surface area contributed by atoms with Crippen molar-refractivity contribution in [1.29, 1.82) is 5.26 Å². The summed E-state index contributed by atoms with van der Waals surface area (Å²) < 4.78 is 12.5. The van der Waals surface area contributed by atoms with E-state index in [0.717, 1.165) is 23.6 Å². The summed E-state index contributed by atoms with van der Waals surface area (Å²) in [5, 5.41) is 8.37. The van der Waals surface area contributed by atoms with Gasteiger partial charge in [-0.2, -0.15) is 5.26 Å². The smallest absolute Gasteiger partial charge is 0.131 e. The van der Waals surface area contributed by atoms with Crippen LogP contribution in [0.3, 0.4) is 0 Å². The van der Waals surface area contributed by atoms with Gasteiger partial charge >= 0.3 is 0 Å². The third-order valence-electron chi connectivity index (χ3n) is 4.67. The molecule has 0 aliphatic heterocycles. The molecule has 1 aliphatic carbocycles. The molecule has 2 atom stereocenters. The van der Waals surface area contributed by atoms with Gasteiger partial charge < -0.3 is 0 Å². The summed E-state index contributed by atoms with van der Waals surface area (Å²) >= 11 is 0. The molecule has 1 fully saturated rings. The minimum atomic E-state index is -0.350. The molecule has 3 nitrogen and oxygen atoms in total. The van der Waals surface area contributed by atoms with Crippen LogP contribution in [0.2, 0.25) is 0 Å². The van der Waals surface area contributed by atoms with Crippen LogP contribution in [0.5, 0.6) is 0 Å². The third-order valence-corrected chi connectivity index (χ3v) is 4.67. The molecule has 1 aromatic carbocycles. The van der Waals surface area contributed by atoms with Gasteiger partial charge in [0.05, 0.1) is 17.8 Å². The zero-order valence-corrected chi connectivity index (χ0v) is 15.6. The summed E-state index contributed by atoms with van der Waals surface area (Å²) in [5.74, 6) is 7.04. The summed E-state index contributed by atoms with van der Waals surface area (Å²) in [7, 11) is 0. The van der Waals surface area contributed by atoms with Crippen molar-refractivity contribution in [3.8, 4) is 17.9 Å². The highest BCUT2D eigenvalue weighted by molar-refractivity contribution is 5.33. The van der Waals surface area contributed by atoms with Crippen LogP contribution in [0.15, 0.2) is 36.8 Å². The first-order valence-electron chi connectivity index (χ1n) is 8.99. The number of rotatable bonds is 3. The van der Waals surface area contributed by atoms with Gasteiger partial charge in [0.2, 0.25) is 0 Å². The fraction of sp³-hybridized carbons (Fsp3) is 0.409. The second-order valence-electron chi connectivity index (χ2n) is 6.67. The Morgan fingerprint density at radius 2 is 2.08 bits per heavy atom. The van der Waals surface area contributed by atoms with Crippen LogP contribution < -0.4 is 0 Å². The van der Waals surface area contributed by atoms with Crippen LogP contribution >= 0.6 is 0 Å². The number of halogens is 1. The van der Waals surface area contributed by atoms with E-state index in [1.54, 1.807) is 31.6 Å². The Morgan fingerprint density at radius 3 is 2.65 bits per heavy atom. The monoisotopic (exact) mass is 349 g/mol. The lowest BCUT2D eigenvalue weighted by molar-refractivity contribution is 0.536. The minimum absolute atomic E-state index is 0.285. The Labute approximate surface area is 155 Å². The van der Waals surface area contributed by atoms with Crippen LogP contribution in [0, 0.1) is 47.2 Å². The molecule has 4 heteroatoms. The molecule has 0 saturated heterocycles. The normalized spacial score (nSPS) is 20.0. The van der Waals surface area contributed by atoms with Crippen molar-refractivity contribution in [3.63, 3.8) is 0 Å². The molecule has 1 aromatic heterocycles. The van der Waals surface area contributed by atoms with Crippen molar-refractivity contribution >= 4 is 0 Å². The van der Waals surface area contributed by atoms with Crippen molar-refractivity contribution in [2.75, 3.05) is 0 Å². The summed E-state index contributed by atoms with van der Waals surface area (Å²) in [6.07, 6.45) is 10.1. The standard InChI is InChI=1S/C14H18N2.C8H6FN/c1-3-5-12-10-14(12,4-2)7-6-13-11-15-8-9-16-13;1-6-2-7(5-10)4-8(9)3-6/h8-9,11-12H,3-5,10H2,1-2H3;2-4H,1H3. The van der Waals surface area contributed by atoms with Crippen molar-refractivity contribution in [2.24, 2.45) is 11.3 Å². The lowest BCUT2D eigenvalue weighted by Crippen LogP contribution is -1.99. The Kier molecular flexibility index (Phi) is 6.87. The van der Waals surface area contributed by atoms with Gasteiger partial charge in [0.1, 0.15) is 11.5 Å². The SMILES string of the molecule is CCCC1CC1(C#Cc1cnccn1)CC.Cc1cc(F)cc(C#N)c1. The molecule has 0 amide bonds. The number of hydrogen-bond acceptors (Lipinski definition) is 3. The molecule has 2 aromatic rings. The van der Waals surface area contributed by atoms with E-state index in [1.807, 2.05) is 6.07 Å². The van der Waals surface area contributed by atoms with E-state index < -0.39 is 0 Å². The molecule has 2 unspecified atom stereocenters. The van der Waals surface area contributed by atoms with Crippen molar-refractivity contribution in [1.82, 2.24) is 9.97 Å². The van der Waals surface area contributed by atoms with Crippen LogP contribution in [-0.4, -0.2) is 9.97 Å². The molecule has 1 heterocycles. The topological polar surface area (TPSA) is 49.6 Å². The van der Waals surface area contributed by atoms with Crippen molar-refractivity contribution in [2.45, 2.75) is 46.5 Å². The van der Waals surface area contributed by atoms with E-state index in [9.17, 15) is 4.39 Å². The maximum absolute atomic E-state index is 12.5. The second-order valence-corrected chi connectivity index (χ2v) is 6.67. The Morgan fingerprint density at radius 1 is 1.27 bits per heavy atom. The van der Waals surface area contributed by atoms with Crippen LogP contribution in [0.4, 0.5) is 4.39 Å². The molecule has 0 radical (unpaired) electrons. The summed E-state index contributed by atoms with van der Waals surface area (Å²) in [5.41, 5.74) is 2.22. The second kappa shape index (κ2) is 9.11. The summed E-state index contributed by atoms with van der Waals surface area (Å²) in [4.78, 5) is 8.20. The van der Waals surface area contributed by atoms with Gasteiger partial charge in [0.15, 0.2) is 0 Å². The molecule has 0 bridgehead atoms.